The van der Waals surface area contributed by atoms with E-state index < -0.39 is 11.1 Å². The zero-order valence-electron chi connectivity index (χ0n) is 13.0. The fraction of sp³-hybridized carbons (Fsp3) is 0.938. The number of hydroxylamine groups is 2. The topological polar surface area (TPSA) is 40.2 Å². The Morgan fingerprint density at radius 1 is 1.21 bits per heavy atom. The summed E-state index contributed by atoms with van der Waals surface area (Å²) in [5, 5.41) is 14.2. The van der Waals surface area contributed by atoms with Crippen molar-refractivity contribution in [1.82, 2.24) is 5.06 Å². The van der Waals surface area contributed by atoms with Crippen LogP contribution in [0.15, 0.2) is 0 Å². The summed E-state index contributed by atoms with van der Waals surface area (Å²) in [7, 11) is 0. The molecule has 0 aromatic rings. The van der Waals surface area contributed by atoms with Crippen LogP contribution in [-0.2, 0) is 10.0 Å². The first-order chi connectivity index (χ1) is 8.69. The molecule has 3 atom stereocenters. The number of carbonyl (C=O) groups excluding carboxylic acids is 1. The first-order valence-electron chi connectivity index (χ1n) is 7.68. The maximum Gasteiger partial charge on any atom is 0.136 e. The van der Waals surface area contributed by atoms with E-state index in [0.29, 0.717) is 30.6 Å². The average molecular weight is 266 g/mol. The zero-order valence-corrected chi connectivity index (χ0v) is 13.0. The standard InChI is InChI=1S/C16H28NO2/c1-11(2)13-7-6-12(3)16(8-13)10-14(18)9-15(4,5)17(16)19/h11-13H,6-10H2,1-5H3/t12-,13+,16-/m0/s1. The molecule has 3 heteroatoms. The van der Waals surface area contributed by atoms with Crippen LogP contribution >= 0.6 is 0 Å². The summed E-state index contributed by atoms with van der Waals surface area (Å²) >= 11 is 0. The van der Waals surface area contributed by atoms with Gasteiger partial charge < -0.3 is 0 Å². The van der Waals surface area contributed by atoms with E-state index >= 15 is 0 Å². The summed E-state index contributed by atoms with van der Waals surface area (Å²) in [5.74, 6) is 1.77. The van der Waals surface area contributed by atoms with Crippen LogP contribution in [0.4, 0.5) is 0 Å². The van der Waals surface area contributed by atoms with Crippen molar-refractivity contribution in [1.29, 1.82) is 0 Å². The third-order valence-corrected chi connectivity index (χ3v) is 5.53. The number of carbonyl (C=O) groups is 1. The molecule has 2 fully saturated rings. The number of rotatable bonds is 1. The summed E-state index contributed by atoms with van der Waals surface area (Å²) in [6.45, 7) is 10.5. The molecule has 1 aliphatic carbocycles. The molecule has 3 nitrogen and oxygen atoms in total. The van der Waals surface area contributed by atoms with Gasteiger partial charge in [-0.05, 0) is 50.9 Å². The molecular formula is C16H28NO2. The first kappa shape index (κ1) is 15.0. The molecule has 1 spiro atoms. The summed E-state index contributed by atoms with van der Waals surface area (Å²) in [4.78, 5) is 12.2. The van der Waals surface area contributed by atoms with Crippen molar-refractivity contribution in [3.63, 3.8) is 0 Å². The van der Waals surface area contributed by atoms with Gasteiger partial charge in [0.2, 0.25) is 0 Å². The van der Waals surface area contributed by atoms with Crippen LogP contribution in [0.3, 0.4) is 0 Å². The summed E-state index contributed by atoms with van der Waals surface area (Å²) in [6, 6.07) is 0. The quantitative estimate of drug-likeness (QED) is 0.727. The lowest BCUT2D eigenvalue weighted by Gasteiger charge is -2.56. The number of piperidine rings is 1. The fourth-order valence-electron chi connectivity index (χ4n) is 4.22. The van der Waals surface area contributed by atoms with E-state index in [2.05, 4.69) is 20.8 Å². The van der Waals surface area contributed by atoms with Gasteiger partial charge in [-0.1, -0.05) is 20.8 Å². The molecule has 19 heavy (non-hydrogen) atoms. The average Bonchev–Trinajstić information content (AvgIpc) is 2.28. The molecule has 1 saturated heterocycles. The van der Waals surface area contributed by atoms with Crippen molar-refractivity contribution in [3.8, 4) is 0 Å². The van der Waals surface area contributed by atoms with Crippen molar-refractivity contribution in [2.45, 2.75) is 77.8 Å². The number of hydrogen-bond acceptors (Lipinski definition) is 2. The molecule has 2 aliphatic rings. The number of nitrogens with zero attached hydrogens (tertiary/aromatic N) is 1. The largest absolute Gasteiger partial charge is 0.300 e. The normalized spacial score (nSPS) is 40.1. The Kier molecular flexibility index (Phi) is 3.83. The van der Waals surface area contributed by atoms with E-state index in [4.69, 9.17) is 0 Å². The Labute approximate surface area is 117 Å². The van der Waals surface area contributed by atoms with Gasteiger partial charge in [-0.15, -0.1) is 10.3 Å². The second kappa shape index (κ2) is 4.85. The highest BCUT2D eigenvalue weighted by molar-refractivity contribution is 5.82. The van der Waals surface area contributed by atoms with E-state index in [1.807, 2.05) is 13.8 Å². The summed E-state index contributed by atoms with van der Waals surface area (Å²) < 4.78 is 0. The lowest BCUT2D eigenvalue weighted by molar-refractivity contribution is -0.310. The van der Waals surface area contributed by atoms with Crippen molar-refractivity contribution in [2.75, 3.05) is 0 Å². The van der Waals surface area contributed by atoms with E-state index in [-0.39, 0.29) is 5.78 Å². The predicted molar refractivity (Wildman–Crippen MR) is 74.9 cm³/mol. The van der Waals surface area contributed by atoms with Gasteiger partial charge in [0.15, 0.2) is 0 Å². The summed E-state index contributed by atoms with van der Waals surface area (Å²) in [5.41, 5.74) is -0.978. The van der Waals surface area contributed by atoms with Gasteiger partial charge in [-0.25, -0.2) is 0 Å². The molecule has 1 radical (unpaired) electrons. The smallest absolute Gasteiger partial charge is 0.136 e. The highest BCUT2D eigenvalue weighted by Crippen LogP contribution is 2.50. The van der Waals surface area contributed by atoms with Gasteiger partial charge in [-0.3, -0.25) is 4.79 Å². The zero-order chi connectivity index (χ0) is 14.4. The number of hydrogen-bond donors (Lipinski definition) is 0. The van der Waals surface area contributed by atoms with Crippen molar-refractivity contribution >= 4 is 5.78 Å². The molecule has 0 N–H and O–H groups in total. The Morgan fingerprint density at radius 3 is 2.42 bits per heavy atom. The monoisotopic (exact) mass is 266 g/mol. The lowest BCUT2D eigenvalue weighted by atomic mass is 9.61. The Hall–Kier alpha value is -0.410. The van der Waals surface area contributed by atoms with Gasteiger partial charge in [0.1, 0.15) is 5.78 Å². The van der Waals surface area contributed by atoms with Crippen LogP contribution in [-0.4, -0.2) is 21.9 Å². The minimum absolute atomic E-state index is 0.272. The van der Waals surface area contributed by atoms with Crippen LogP contribution in [0, 0.1) is 17.8 Å². The summed E-state index contributed by atoms with van der Waals surface area (Å²) in [6.07, 6.45) is 4.03. The minimum atomic E-state index is -0.539. The van der Waals surface area contributed by atoms with E-state index in [9.17, 15) is 10.0 Å². The first-order valence-corrected chi connectivity index (χ1v) is 7.68. The lowest BCUT2D eigenvalue weighted by Crippen LogP contribution is -2.65. The molecule has 1 aliphatic heterocycles. The molecule has 109 valence electrons. The molecule has 0 bridgehead atoms. The molecule has 0 unspecified atom stereocenters. The third-order valence-electron chi connectivity index (χ3n) is 5.53. The van der Waals surface area contributed by atoms with Crippen molar-refractivity contribution in [2.24, 2.45) is 17.8 Å². The second-order valence-electron chi connectivity index (χ2n) is 7.79. The predicted octanol–water partition coefficient (Wildman–Crippen LogP) is 3.61. The van der Waals surface area contributed by atoms with E-state index in [1.54, 1.807) is 0 Å². The molecule has 2 rings (SSSR count). The van der Waals surface area contributed by atoms with Gasteiger partial charge >= 0.3 is 0 Å². The van der Waals surface area contributed by atoms with Gasteiger partial charge in [-0.2, -0.15) is 0 Å². The van der Waals surface area contributed by atoms with Crippen molar-refractivity contribution in [3.05, 3.63) is 0 Å². The Bertz CT molecular complexity index is 364. The number of Topliss-reactive ketones (excluding diaryl/α,β-unsaturated/α-hetero) is 1. The van der Waals surface area contributed by atoms with Crippen LogP contribution in [0.1, 0.15) is 66.7 Å². The molecular weight excluding hydrogens is 238 g/mol. The highest BCUT2D eigenvalue weighted by Gasteiger charge is 2.56. The van der Waals surface area contributed by atoms with E-state index in [1.165, 1.54) is 11.5 Å². The molecule has 1 saturated carbocycles. The molecule has 1 heterocycles. The Balaban J connectivity index is 2.34. The fourth-order valence-corrected chi connectivity index (χ4v) is 4.22. The number of ketones is 1. The maximum atomic E-state index is 12.9. The van der Waals surface area contributed by atoms with Gasteiger partial charge in [0.25, 0.3) is 0 Å². The molecule has 0 amide bonds. The van der Waals surface area contributed by atoms with Crippen LogP contribution in [0.2, 0.25) is 0 Å². The maximum absolute atomic E-state index is 12.9. The molecule has 0 aromatic carbocycles. The van der Waals surface area contributed by atoms with Crippen molar-refractivity contribution < 1.29 is 10.0 Å². The second-order valence-corrected chi connectivity index (χ2v) is 7.79. The SMILES string of the molecule is CC(C)[C@@H]1CC[C@H](C)[C@@]2(CC(=O)CC(C)(C)N2[O])C1. The highest BCUT2D eigenvalue weighted by atomic mass is 16.5. The van der Waals surface area contributed by atoms with Crippen LogP contribution in [0.5, 0.6) is 0 Å². The molecule has 0 aromatic heterocycles. The Morgan fingerprint density at radius 2 is 1.84 bits per heavy atom. The van der Waals surface area contributed by atoms with E-state index in [0.717, 1.165) is 12.8 Å². The minimum Gasteiger partial charge on any atom is -0.300 e. The van der Waals surface area contributed by atoms with Crippen LogP contribution in [0.25, 0.3) is 0 Å². The third kappa shape index (κ3) is 2.47. The van der Waals surface area contributed by atoms with Crippen LogP contribution < -0.4 is 0 Å². The van der Waals surface area contributed by atoms with Gasteiger partial charge in [0, 0.05) is 12.8 Å². The van der Waals surface area contributed by atoms with Gasteiger partial charge in [0.05, 0.1) is 11.1 Å².